The van der Waals surface area contributed by atoms with Crippen molar-refractivity contribution in [1.29, 1.82) is 0 Å². The summed E-state index contributed by atoms with van der Waals surface area (Å²) in [4.78, 5) is 25.0. The number of nitrogens with one attached hydrogen (secondary N) is 1. The second kappa shape index (κ2) is 12.1. The Balaban J connectivity index is 1.74. The summed E-state index contributed by atoms with van der Waals surface area (Å²) in [5.41, 5.74) is -3.15. The lowest BCUT2D eigenvalue weighted by molar-refractivity contribution is -0.205. The lowest BCUT2D eigenvalue weighted by Crippen LogP contribution is -2.57. The number of thioether (sulfide) groups is 1. The number of oxime groups is 1. The van der Waals surface area contributed by atoms with Crippen molar-refractivity contribution in [1.82, 2.24) is 0 Å². The Kier molecular flexibility index (Phi) is 9.50. The topological polar surface area (TPSA) is 242 Å². The number of aliphatic hydroxyl groups excluding tert-OH is 4. The molecule has 0 aromatic heterocycles. The summed E-state index contributed by atoms with van der Waals surface area (Å²) in [6.45, 7) is 2.77. The summed E-state index contributed by atoms with van der Waals surface area (Å²) in [6, 6.07) is 6.19. The van der Waals surface area contributed by atoms with Gasteiger partial charge in [0.25, 0.3) is 5.91 Å². The van der Waals surface area contributed by atoms with Gasteiger partial charge in [0, 0.05) is 17.7 Å². The molecule has 0 radical (unpaired) electrons. The molecule has 38 heavy (non-hydrogen) atoms. The van der Waals surface area contributed by atoms with Crippen LogP contribution in [0.15, 0.2) is 42.1 Å². The number of rotatable bonds is 10. The quantitative estimate of drug-likeness (QED) is 0.0412. The molecule has 17 heteroatoms. The Labute approximate surface area is 220 Å². The fraction of sp³-hybridized carbons (Fsp3) is 0.476. The van der Waals surface area contributed by atoms with Gasteiger partial charge in [-0.05, 0) is 6.07 Å². The van der Waals surface area contributed by atoms with Crippen LogP contribution in [0.1, 0.15) is 18.4 Å². The molecule has 0 saturated carbocycles. The van der Waals surface area contributed by atoms with E-state index in [1.165, 1.54) is 12.1 Å². The van der Waals surface area contributed by atoms with Crippen LogP contribution in [0.4, 0.5) is 5.69 Å². The van der Waals surface area contributed by atoms with Gasteiger partial charge >= 0.3 is 16.4 Å². The van der Waals surface area contributed by atoms with Gasteiger partial charge in [0.15, 0.2) is 5.60 Å². The molecule has 7 N–H and O–H groups in total. The molecule has 1 aromatic rings. The van der Waals surface area contributed by atoms with Crippen LogP contribution in [0.25, 0.3) is 0 Å². The predicted molar refractivity (Wildman–Crippen MR) is 130 cm³/mol. The molecular formula is C21H26N2O13S2. The van der Waals surface area contributed by atoms with E-state index in [9.17, 15) is 43.5 Å². The molecule has 2 aliphatic heterocycles. The molecule has 0 aliphatic carbocycles. The van der Waals surface area contributed by atoms with E-state index in [-0.39, 0.29) is 10.6 Å². The minimum Gasteiger partial charge on any atom is -0.458 e. The van der Waals surface area contributed by atoms with Gasteiger partial charge < -0.3 is 40.3 Å². The second-order valence-corrected chi connectivity index (χ2v) is 10.5. The van der Waals surface area contributed by atoms with E-state index in [2.05, 4.69) is 21.3 Å². The number of hydrogen-bond acceptors (Lipinski definition) is 14. The smallest absolute Gasteiger partial charge is 0.458 e. The largest absolute Gasteiger partial charge is 0.466 e. The van der Waals surface area contributed by atoms with Crippen LogP contribution < -0.4 is 5.32 Å². The van der Waals surface area contributed by atoms with Gasteiger partial charge in [0.05, 0.1) is 13.0 Å². The maximum absolute atomic E-state index is 12.7. The maximum atomic E-state index is 12.7. The zero-order valence-electron chi connectivity index (χ0n) is 19.5. The molecule has 3 rings (SSSR count). The summed E-state index contributed by atoms with van der Waals surface area (Å²) in [5, 5.41) is 55.8. The Hall–Kier alpha value is -2.61. The van der Waals surface area contributed by atoms with Gasteiger partial charge in [-0.3, -0.25) is 14.1 Å². The van der Waals surface area contributed by atoms with Crippen molar-refractivity contribution in [2.24, 2.45) is 5.16 Å². The number of aliphatic hydroxyl groups is 5. The van der Waals surface area contributed by atoms with Crippen molar-refractivity contribution in [2.75, 3.05) is 11.9 Å². The van der Waals surface area contributed by atoms with Gasteiger partial charge in [-0.2, -0.15) is 8.42 Å². The first-order chi connectivity index (χ1) is 17.8. The number of benzene rings is 1. The normalized spacial score (nSPS) is 30.2. The maximum Gasteiger partial charge on any atom is 0.466 e. The van der Waals surface area contributed by atoms with Crippen molar-refractivity contribution in [2.45, 2.75) is 54.4 Å². The molecule has 7 atom stereocenters. The molecule has 1 aromatic carbocycles. The Morgan fingerprint density at radius 2 is 1.95 bits per heavy atom. The van der Waals surface area contributed by atoms with E-state index in [4.69, 9.17) is 14.0 Å². The SMILES string of the molecule is C=C[C@@H](CC(=NOS(=O)(=O)O)S[C@H]1O[C@@H](CO)[C@H](O)[C@@H](O)[C@@H]1O)OC(=O)C[C@@]1(O)C(=O)Nc2ccccc21. The third kappa shape index (κ3) is 6.87. The van der Waals surface area contributed by atoms with Gasteiger partial charge in [0.1, 0.15) is 41.0 Å². The van der Waals surface area contributed by atoms with E-state index < -0.39 is 83.3 Å². The first kappa shape index (κ1) is 29.9. The molecule has 0 spiro atoms. The van der Waals surface area contributed by atoms with E-state index in [0.717, 1.165) is 6.08 Å². The number of ether oxygens (including phenoxy) is 2. The number of hydrogen-bond donors (Lipinski definition) is 7. The summed E-state index contributed by atoms with van der Waals surface area (Å²) in [6.07, 6.45) is -7.84. The number of para-hydroxylation sites is 1. The molecule has 1 saturated heterocycles. The Morgan fingerprint density at radius 1 is 1.26 bits per heavy atom. The van der Waals surface area contributed by atoms with Gasteiger partial charge in [-0.25, -0.2) is 4.28 Å². The molecule has 2 aliphatic rings. The van der Waals surface area contributed by atoms with Crippen LogP contribution in [0, 0.1) is 0 Å². The number of amides is 1. The average Bonchev–Trinajstić information content (AvgIpc) is 3.10. The third-order valence-electron chi connectivity index (χ3n) is 5.65. The highest BCUT2D eigenvalue weighted by molar-refractivity contribution is 8.14. The highest BCUT2D eigenvalue weighted by Crippen LogP contribution is 2.38. The molecule has 1 amide bonds. The number of nitrogens with zero attached hydrogens (tertiary/aromatic N) is 1. The van der Waals surface area contributed by atoms with Crippen molar-refractivity contribution in [3.05, 3.63) is 42.5 Å². The van der Waals surface area contributed by atoms with Crippen molar-refractivity contribution in [3.63, 3.8) is 0 Å². The van der Waals surface area contributed by atoms with Gasteiger partial charge in [-0.15, -0.1) is 0 Å². The van der Waals surface area contributed by atoms with E-state index >= 15 is 0 Å². The minimum atomic E-state index is -5.08. The molecular weight excluding hydrogens is 552 g/mol. The first-order valence-corrected chi connectivity index (χ1v) is 13.2. The number of carbonyl (C=O) groups excluding carboxylic acids is 2. The first-order valence-electron chi connectivity index (χ1n) is 10.9. The number of fused-ring (bicyclic) bond motifs is 1. The van der Waals surface area contributed by atoms with Crippen molar-refractivity contribution < 1.29 is 61.8 Å². The van der Waals surface area contributed by atoms with Crippen LogP contribution in [0.3, 0.4) is 0 Å². The number of carbonyl (C=O) groups is 2. The van der Waals surface area contributed by atoms with Crippen LogP contribution in [0.2, 0.25) is 0 Å². The van der Waals surface area contributed by atoms with Crippen LogP contribution >= 0.6 is 11.8 Å². The highest BCUT2D eigenvalue weighted by Gasteiger charge is 2.48. The van der Waals surface area contributed by atoms with E-state index in [1.54, 1.807) is 12.1 Å². The lowest BCUT2D eigenvalue weighted by Gasteiger charge is -2.39. The molecule has 0 unspecified atom stereocenters. The Bertz CT molecular complexity index is 1190. The summed E-state index contributed by atoms with van der Waals surface area (Å²) in [5.74, 6) is -1.88. The molecule has 0 bridgehead atoms. The monoisotopic (exact) mass is 578 g/mol. The van der Waals surface area contributed by atoms with Crippen LogP contribution in [-0.2, 0) is 39.3 Å². The average molecular weight is 579 g/mol. The minimum absolute atomic E-state index is 0.166. The molecule has 210 valence electrons. The number of esters is 1. The fourth-order valence-corrected chi connectivity index (χ4v) is 5.07. The zero-order chi connectivity index (χ0) is 28.3. The number of anilines is 1. The standard InChI is InChI=1S/C21H26N2O13S2/c1-2-10(34-15(25)8-21(30)11-5-3-4-6-12(11)22-20(21)29)7-14(23-36-38(31,32)33)37-19-18(28)17(27)16(26)13(9-24)35-19/h2-6,10,13,16-19,24,26-28,30H,1,7-9H2,(H,22,29)(H,31,32,33)/t10-,13-,16-,17+,18-,19+,21-/m0/s1. The van der Waals surface area contributed by atoms with Crippen LogP contribution in [0.5, 0.6) is 0 Å². The van der Waals surface area contributed by atoms with E-state index in [1.807, 2.05) is 0 Å². The fourth-order valence-electron chi connectivity index (χ4n) is 3.74. The lowest BCUT2D eigenvalue weighted by atomic mass is 9.92. The van der Waals surface area contributed by atoms with Gasteiger partial charge in [0.2, 0.25) is 0 Å². The zero-order valence-corrected chi connectivity index (χ0v) is 21.1. The van der Waals surface area contributed by atoms with Crippen molar-refractivity contribution in [3.8, 4) is 0 Å². The molecule has 1 fully saturated rings. The predicted octanol–water partition coefficient (Wildman–Crippen LogP) is -1.63. The summed E-state index contributed by atoms with van der Waals surface area (Å²) < 4.78 is 45.6. The summed E-state index contributed by atoms with van der Waals surface area (Å²) in [7, 11) is -5.08. The second-order valence-electron chi connectivity index (χ2n) is 8.31. The van der Waals surface area contributed by atoms with Crippen molar-refractivity contribution >= 4 is 44.8 Å². The van der Waals surface area contributed by atoms with Crippen LogP contribution in [-0.4, -0.2) is 98.0 Å². The Morgan fingerprint density at radius 3 is 2.58 bits per heavy atom. The third-order valence-corrected chi connectivity index (χ3v) is 7.05. The summed E-state index contributed by atoms with van der Waals surface area (Å²) >= 11 is 0.476. The van der Waals surface area contributed by atoms with E-state index in [0.29, 0.717) is 17.4 Å². The highest BCUT2D eigenvalue weighted by atomic mass is 32.3. The molecule has 2 heterocycles. The van der Waals surface area contributed by atoms with Gasteiger partial charge in [-0.1, -0.05) is 47.8 Å². The molecule has 15 nitrogen and oxygen atoms in total.